The lowest BCUT2D eigenvalue weighted by Crippen LogP contribution is -2.58. The third kappa shape index (κ3) is 4.18. The molecule has 0 aliphatic carbocycles. The van der Waals surface area contributed by atoms with Gasteiger partial charge in [0.2, 0.25) is 11.8 Å². The molecule has 1 saturated heterocycles. The van der Waals surface area contributed by atoms with Gasteiger partial charge in [-0.3, -0.25) is 9.59 Å². The molecule has 0 bridgehead atoms. The zero-order valence-corrected chi connectivity index (χ0v) is 13.2. The predicted octanol–water partition coefficient (Wildman–Crippen LogP) is 2.26. The summed E-state index contributed by atoms with van der Waals surface area (Å²) < 4.78 is 28.9. The maximum atomic E-state index is 12.3. The summed E-state index contributed by atoms with van der Waals surface area (Å²) in [5.41, 5.74) is 0.639. The number of amides is 2. The van der Waals surface area contributed by atoms with E-state index in [1.54, 1.807) is 24.0 Å². The summed E-state index contributed by atoms with van der Waals surface area (Å²) in [7, 11) is 0. The SMILES string of the molecule is CCCN1CC(=O)N(Cc2cccc(OC(F)F)c2)[C@@H](C)C1=O. The van der Waals surface area contributed by atoms with Gasteiger partial charge in [0.1, 0.15) is 11.8 Å². The highest BCUT2D eigenvalue weighted by Crippen LogP contribution is 2.20. The van der Waals surface area contributed by atoms with Crippen molar-refractivity contribution in [1.82, 2.24) is 9.80 Å². The lowest BCUT2D eigenvalue weighted by molar-refractivity contribution is -0.155. The number of hydrogen-bond acceptors (Lipinski definition) is 3. The molecule has 1 fully saturated rings. The van der Waals surface area contributed by atoms with E-state index in [-0.39, 0.29) is 30.7 Å². The van der Waals surface area contributed by atoms with Crippen LogP contribution in [0.2, 0.25) is 0 Å². The van der Waals surface area contributed by atoms with Crippen LogP contribution in [0, 0.1) is 0 Å². The maximum absolute atomic E-state index is 12.3. The Morgan fingerprint density at radius 3 is 2.74 bits per heavy atom. The molecule has 5 nitrogen and oxygen atoms in total. The van der Waals surface area contributed by atoms with E-state index < -0.39 is 12.7 Å². The van der Waals surface area contributed by atoms with Crippen LogP contribution in [-0.4, -0.2) is 47.4 Å². The first-order valence-electron chi connectivity index (χ1n) is 7.54. The molecule has 7 heteroatoms. The standard InChI is InChI=1S/C16H20F2N2O3/c1-3-7-19-10-14(21)20(11(2)15(19)22)9-12-5-4-6-13(8-12)23-16(17)18/h4-6,8,11,16H,3,7,9-10H2,1-2H3/t11-/m0/s1. The number of alkyl halides is 2. The minimum absolute atomic E-state index is 0.0357. The zero-order chi connectivity index (χ0) is 17.0. The van der Waals surface area contributed by atoms with Crippen molar-refractivity contribution in [2.24, 2.45) is 0 Å². The van der Waals surface area contributed by atoms with E-state index in [4.69, 9.17) is 0 Å². The normalized spacial score (nSPS) is 18.7. The van der Waals surface area contributed by atoms with Crippen LogP contribution in [0.1, 0.15) is 25.8 Å². The van der Waals surface area contributed by atoms with Crippen molar-refractivity contribution in [3.63, 3.8) is 0 Å². The third-order valence-corrected chi connectivity index (χ3v) is 3.75. The summed E-state index contributed by atoms with van der Waals surface area (Å²) in [5, 5.41) is 0. The number of hydrogen-bond donors (Lipinski definition) is 0. The van der Waals surface area contributed by atoms with Crippen molar-refractivity contribution in [3.8, 4) is 5.75 Å². The second-order valence-corrected chi connectivity index (χ2v) is 5.48. The Hall–Kier alpha value is -2.18. The van der Waals surface area contributed by atoms with Crippen LogP contribution in [-0.2, 0) is 16.1 Å². The molecule has 1 aromatic rings. The van der Waals surface area contributed by atoms with Gasteiger partial charge in [-0.05, 0) is 31.0 Å². The van der Waals surface area contributed by atoms with E-state index in [0.29, 0.717) is 12.1 Å². The molecule has 1 atom stereocenters. The van der Waals surface area contributed by atoms with E-state index in [9.17, 15) is 18.4 Å². The Kier molecular flexibility index (Phi) is 5.52. The number of carbonyl (C=O) groups is 2. The maximum Gasteiger partial charge on any atom is 0.387 e. The average Bonchev–Trinajstić information content (AvgIpc) is 2.49. The van der Waals surface area contributed by atoms with Crippen molar-refractivity contribution in [2.45, 2.75) is 39.5 Å². The van der Waals surface area contributed by atoms with Gasteiger partial charge in [-0.25, -0.2) is 0 Å². The summed E-state index contributed by atoms with van der Waals surface area (Å²) in [4.78, 5) is 27.6. The molecule has 0 N–H and O–H groups in total. The molecule has 1 aromatic carbocycles. The Balaban J connectivity index is 2.10. The molecule has 0 aromatic heterocycles. The minimum atomic E-state index is -2.90. The summed E-state index contributed by atoms with van der Waals surface area (Å²) in [6.45, 7) is 1.53. The van der Waals surface area contributed by atoms with Crippen LogP contribution < -0.4 is 4.74 Å². The van der Waals surface area contributed by atoms with Crippen LogP contribution in [0.15, 0.2) is 24.3 Å². The lowest BCUT2D eigenvalue weighted by Gasteiger charge is -2.38. The molecule has 0 radical (unpaired) electrons. The van der Waals surface area contributed by atoms with Crippen LogP contribution in [0.4, 0.5) is 8.78 Å². The molecule has 0 saturated carbocycles. The summed E-state index contributed by atoms with van der Waals surface area (Å²) in [5.74, 6) is -0.203. The molecule has 1 aliphatic heterocycles. The van der Waals surface area contributed by atoms with Crippen molar-refractivity contribution < 1.29 is 23.1 Å². The summed E-state index contributed by atoms with van der Waals surface area (Å²) >= 11 is 0. The van der Waals surface area contributed by atoms with Crippen LogP contribution >= 0.6 is 0 Å². The Morgan fingerprint density at radius 2 is 2.09 bits per heavy atom. The largest absolute Gasteiger partial charge is 0.435 e. The first-order chi connectivity index (χ1) is 10.9. The number of halogens is 2. The third-order valence-electron chi connectivity index (χ3n) is 3.75. The minimum Gasteiger partial charge on any atom is -0.435 e. The van der Waals surface area contributed by atoms with Crippen molar-refractivity contribution >= 4 is 11.8 Å². The van der Waals surface area contributed by atoms with Gasteiger partial charge in [0.05, 0.1) is 6.54 Å². The van der Waals surface area contributed by atoms with Crippen LogP contribution in [0.5, 0.6) is 5.75 Å². The predicted molar refractivity (Wildman–Crippen MR) is 80.0 cm³/mol. The van der Waals surface area contributed by atoms with Gasteiger partial charge in [-0.1, -0.05) is 19.1 Å². The van der Waals surface area contributed by atoms with Gasteiger partial charge in [-0.15, -0.1) is 0 Å². The molecule has 2 rings (SSSR count). The molecule has 1 heterocycles. The monoisotopic (exact) mass is 326 g/mol. The number of benzene rings is 1. The first kappa shape index (κ1) is 17.2. The summed E-state index contributed by atoms with van der Waals surface area (Å²) in [6, 6.07) is 5.60. The molecule has 0 unspecified atom stereocenters. The number of carbonyl (C=O) groups excluding carboxylic acids is 2. The topological polar surface area (TPSA) is 49.9 Å². The highest BCUT2D eigenvalue weighted by Gasteiger charge is 2.35. The van der Waals surface area contributed by atoms with Crippen molar-refractivity contribution in [1.29, 1.82) is 0 Å². The smallest absolute Gasteiger partial charge is 0.387 e. The van der Waals surface area contributed by atoms with Gasteiger partial charge in [0.25, 0.3) is 0 Å². The first-order valence-corrected chi connectivity index (χ1v) is 7.54. The molecule has 1 aliphatic rings. The summed E-state index contributed by atoms with van der Waals surface area (Å²) in [6.07, 6.45) is 0.790. The van der Waals surface area contributed by atoms with E-state index in [0.717, 1.165) is 6.42 Å². The fourth-order valence-electron chi connectivity index (χ4n) is 2.65. The van der Waals surface area contributed by atoms with Gasteiger partial charge >= 0.3 is 6.61 Å². The Bertz CT molecular complexity index is 580. The fraction of sp³-hybridized carbons (Fsp3) is 0.500. The molecule has 126 valence electrons. The lowest BCUT2D eigenvalue weighted by atomic mass is 10.1. The number of ether oxygens (including phenoxy) is 1. The van der Waals surface area contributed by atoms with Gasteiger partial charge in [-0.2, -0.15) is 8.78 Å². The second kappa shape index (κ2) is 7.39. The van der Waals surface area contributed by atoms with E-state index in [1.165, 1.54) is 17.0 Å². The Morgan fingerprint density at radius 1 is 1.35 bits per heavy atom. The van der Waals surface area contributed by atoms with E-state index >= 15 is 0 Å². The fourth-order valence-corrected chi connectivity index (χ4v) is 2.65. The van der Waals surface area contributed by atoms with E-state index in [1.807, 2.05) is 6.92 Å². The van der Waals surface area contributed by atoms with E-state index in [2.05, 4.69) is 4.74 Å². The van der Waals surface area contributed by atoms with Crippen LogP contribution in [0.25, 0.3) is 0 Å². The van der Waals surface area contributed by atoms with Gasteiger partial charge in [0.15, 0.2) is 0 Å². The average molecular weight is 326 g/mol. The molecule has 0 spiro atoms. The molecular formula is C16H20F2N2O3. The molecule has 2 amide bonds. The molecule has 23 heavy (non-hydrogen) atoms. The number of rotatable bonds is 6. The van der Waals surface area contributed by atoms with Gasteiger partial charge < -0.3 is 14.5 Å². The number of nitrogens with zero attached hydrogens (tertiary/aromatic N) is 2. The highest BCUT2D eigenvalue weighted by molar-refractivity contribution is 5.94. The Labute approximate surface area is 133 Å². The quantitative estimate of drug-likeness (QED) is 0.806. The molecular weight excluding hydrogens is 306 g/mol. The highest BCUT2D eigenvalue weighted by atomic mass is 19.3. The second-order valence-electron chi connectivity index (χ2n) is 5.48. The zero-order valence-electron chi connectivity index (χ0n) is 13.2. The van der Waals surface area contributed by atoms with Crippen LogP contribution in [0.3, 0.4) is 0 Å². The van der Waals surface area contributed by atoms with Gasteiger partial charge in [0, 0.05) is 13.1 Å². The number of piperazine rings is 1. The van der Waals surface area contributed by atoms with Crippen molar-refractivity contribution in [3.05, 3.63) is 29.8 Å². The van der Waals surface area contributed by atoms with Crippen molar-refractivity contribution in [2.75, 3.05) is 13.1 Å².